The van der Waals surface area contributed by atoms with Crippen molar-refractivity contribution in [1.82, 2.24) is 30.0 Å². The van der Waals surface area contributed by atoms with Gasteiger partial charge >= 0.3 is 0 Å². The molecule has 1 aromatic carbocycles. The van der Waals surface area contributed by atoms with Crippen molar-refractivity contribution in [2.75, 3.05) is 40.4 Å². The first-order chi connectivity index (χ1) is 17.2. The van der Waals surface area contributed by atoms with Crippen LogP contribution in [0.25, 0.3) is 0 Å². The molecule has 182 valence electrons. The minimum Gasteiger partial charge on any atom is -0.493 e. The van der Waals surface area contributed by atoms with Crippen molar-refractivity contribution < 1.29 is 18.7 Å². The van der Waals surface area contributed by atoms with E-state index in [4.69, 9.17) is 13.9 Å². The van der Waals surface area contributed by atoms with Crippen LogP contribution in [0.15, 0.2) is 58.5 Å². The Morgan fingerprint density at radius 3 is 2.60 bits per heavy atom. The van der Waals surface area contributed by atoms with Crippen LogP contribution < -0.4 is 9.47 Å². The number of nitrogens with zero attached hydrogens (tertiary/aromatic N) is 6. The van der Waals surface area contributed by atoms with Crippen molar-refractivity contribution >= 4 is 17.2 Å². The molecule has 4 aromatic rings. The zero-order valence-corrected chi connectivity index (χ0v) is 20.4. The number of hydrogen-bond donors (Lipinski definition) is 0. The van der Waals surface area contributed by atoms with Crippen LogP contribution in [0.1, 0.15) is 32.9 Å². The highest BCUT2D eigenvalue weighted by molar-refractivity contribution is 7.09. The Bertz CT molecular complexity index is 1250. The third kappa shape index (κ3) is 4.77. The second-order valence-corrected chi connectivity index (χ2v) is 9.13. The van der Waals surface area contributed by atoms with Crippen LogP contribution in [0, 0.1) is 0 Å². The lowest BCUT2D eigenvalue weighted by molar-refractivity contribution is 0.0559. The molecule has 0 radical (unpaired) electrons. The van der Waals surface area contributed by atoms with E-state index >= 15 is 0 Å². The molecule has 1 aliphatic heterocycles. The van der Waals surface area contributed by atoms with Gasteiger partial charge in [0.25, 0.3) is 5.91 Å². The lowest BCUT2D eigenvalue weighted by atomic mass is 10.0. The van der Waals surface area contributed by atoms with Crippen molar-refractivity contribution in [3.63, 3.8) is 0 Å². The van der Waals surface area contributed by atoms with E-state index in [2.05, 4.69) is 26.5 Å². The van der Waals surface area contributed by atoms with Gasteiger partial charge in [0.1, 0.15) is 0 Å². The molecule has 5 rings (SSSR count). The van der Waals surface area contributed by atoms with E-state index < -0.39 is 0 Å². The van der Waals surface area contributed by atoms with Gasteiger partial charge in [-0.1, -0.05) is 12.1 Å². The standard InChI is InChI=1S/C24H26N6O4S/c1-32-19-8-7-17(15-21(19)33-2)22(23-25-26-27-30(23)16-18-5-4-14-35-18)28-9-11-29(12-10-28)24(31)20-6-3-13-34-20/h3-8,13-15,22H,9-12,16H2,1-2H3. The molecule has 1 fully saturated rings. The first-order valence-electron chi connectivity index (χ1n) is 11.2. The maximum Gasteiger partial charge on any atom is 0.289 e. The normalized spacial score (nSPS) is 15.2. The number of hydrogen-bond acceptors (Lipinski definition) is 9. The summed E-state index contributed by atoms with van der Waals surface area (Å²) in [5.74, 6) is 2.28. The first-order valence-corrected chi connectivity index (χ1v) is 12.1. The molecular weight excluding hydrogens is 468 g/mol. The van der Waals surface area contributed by atoms with Gasteiger partial charge in [0.15, 0.2) is 23.1 Å². The van der Waals surface area contributed by atoms with Gasteiger partial charge < -0.3 is 18.8 Å². The molecule has 1 amide bonds. The molecule has 1 saturated heterocycles. The molecule has 10 nitrogen and oxygen atoms in total. The summed E-state index contributed by atoms with van der Waals surface area (Å²) in [6.07, 6.45) is 1.52. The van der Waals surface area contributed by atoms with Crippen LogP contribution >= 0.6 is 11.3 Å². The molecule has 1 atom stereocenters. The molecule has 3 aromatic heterocycles. The highest BCUT2D eigenvalue weighted by Gasteiger charge is 2.33. The molecular formula is C24H26N6O4S. The van der Waals surface area contributed by atoms with Crippen molar-refractivity contribution in [3.05, 3.63) is 76.1 Å². The number of thiophene rings is 1. The highest BCUT2D eigenvalue weighted by atomic mass is 32.1. The molecule has 4 heterocycles. The molecule has 0 spiro atoms. The van der Waals surface area contributed by atoms with Gasteiger partial charge in [-0.05, 0) is 51.7 Å². The minimum absolute atomic E-state index is 0.0974. The average molecular weight is 495 g/mol. The van der Waals surface area contributed by atoms with E-state index in [1.54, 1.807) is 37.7 Å². The minimum atomic E-state index is -0.231. The average Bonchev–Trinajstić information content (AvgIpc) is 3.69. The monoisotopic (exact) mass is 494 g/mol. The Hall–Kier alpha value is -3.70. The SMILES string of the molecule is COc1ccc(C(c2nnnn2Cc2cccs2)N2CCN(C(=O)c3ccco3)CC2)cc1OC. The number of methoxy groups -OCH3 is 2. The third-order valence-corrected chi connectivity index (χ3v) is 6.97. The van der Waals surface area contributed by atoms with Crippen LogP contribution in [0.3, 0.4) is 0 Å². The molecule has 1 unspecified atom stereocenters. The molecule has 0 bridgehead atoms. The number of benzene rings is 1. The Labute approximate surface area is 206 Å². The fourth-order valence-corrected chi connectivity index (χ4v) is 5.04. The molecule has 11 heteroatoms. The number of ether oxygens (including phenoxy) is 2. The summed E-state index contributed by atoms with van der Waals surface area (Å²) in [5.41, 5.74) is 0.982. The molecule has 1 aliphatic rings. The topological polar surface area (TPSA) is 98.8 Å². The smallest absolute Gasteiger partial charge is 0.289 e. The van der Waals surface area contributed by atoms with Crippen LogP contribution in [-0.2, 0) is 6.54 Å². The van der Waals surface area contributed by atoms with Crippen molar-refractivity contribution in [2.45, 2.75) is 12.6 Å². The summed E-state index contributed by atoms with van der Waals surface area (Å²) in [5, 5.41) is 14.8. The molecule has 0 N–H and O–H groups in total. The zero-order valence-electron chi connectivity index (χ0n) is 19.5. The van der Waals surface area contributed by atoms with Gasteiger partial charge in [-0.25, -0.2) is 4.68 Å². The Kier molecular flexibility index (Phi) is 6.77. The quantitative estimate of drug-likeness (QED) is 0.369. The number of piperazine rings is 1. The van der Waals surface area contributed by atoms with Crippen LogP contribution in [0.5, 0.6) is 11.5 Å². The largest absolute Gasteiger partial charge is 0.493 e. The summed E-state index contributed by atoms with van der Waals surface area (Å²) in [7, 11) is 3.24. The van der Waals surface area contributed by atoms with E-state index in [9.17, 15) is 4.79 Å². The Morgan fingerprint density at radius 1 is 1.09 bits per heavy atom. The van der Waals surface area contributed by atoms with E-state index in [1.807, 2.05) is 39.2 Å². The summed E-state index contributed by atoms with van der Waals surface area (Å²) >= 11 is 1.67. The lowest BCUT2D eigenvalue weighted by Crippen LogP contribution is -2.50. The fraction of sp³-hybridized carbons (Fsp3) is 0.333. The number of carbonyl (C=O) groups is 1. The van der Waals surface area contributed by atoms with E-state index in [1.165, 1.54) is 11.1 Å². The van der Waals surface area contributed by atoms with Gasteiger partial charge in [0, 0.05) is 31.1 Å². The van der Waals surface area contributed by atoms with Crippen molar-refractivity contribution in [2.24, 2.45) is 0 Å². The van der Waals surface area contributed by atoms with E-state index in [0.29, 0.717) is 50.0 Å². The van der Waals surface area contributed by atoms with Crippen molar-refractivity contribution in [1.29, 1.82) is 0 Å². The van der Waals surface area contributed by atoms with Crippen LogP contribution in [0.2, 0.25) is 0 Å². The van der Waals surface area contributed by atoms with E-state index in [0.717, 1.165) is 11.4 Å². The van der Waals surface area contributed by atoms with Crippen molar-refractivity contribution in [3.8, 4) is 11.5 Å². The van der Waals surface area contributed by atoms with Gasteiger partial charge in [-0.2, -0.15) is 0 Å². The fourth-order valence-electron chi connectivity index (χ4n) is 4.36. The maximum absolute atomic E-state index is 12.8. The van der Waals surface area contributed by atoms with Gasteiger partial charge in [0.2, 0.25) is 0 Å². The van der Waals surface area contributed by atoms with Gasteiger partial charge in [-0.3, -0.25) is 9.69 Å². The third-order valence-electron chi connectivity index (χ3n) is 6.11. The number of furan rings is 1. The Balaban J connectivity index is 1.45. The number of aromatic nitrogens is 4. The first kappa shape index (κ1) is 23.1. The van der Waals surface area contributed by atoms with Gasteiger partial charge in [0.05, 0.1) is 33.1 Å². The van der Waals surface area contributed by atoms with E-state index in [-0.39, 0.29) is 11.9 Å². The number of tetrazole rings is 1. The maximum atomic E-state index is 12.8. The zero-order chi connectivity index (χ0) is 24.2. The summed E-state index contributed by atoms with van der Waals surface area (Å²) in [6, 6.07) is 13.1. The summed E-state index contributed by atoms with van der Waals surface area (Å²) in [4.78, 5) is 18.0. The van der Waals surface area contributed by atoms with Crippen LogP contribution in [0.4, 0.5) is 0 Å². The van der Waals surface area contributed by atoms with Crippen LogP contribution in [-0.4, -0.2) is 76.3 Å². The number of carbonyl (C=O) groups excluding carboxylic acids is 1. The second-order valence-electron chi connectivity index (χ2n) is 8.10. The lowest BCUT2D eigenvalue weighted by Gasteiger charge is -2.38. The summed E-state index contributed by atoms with van der Waals surface area (Å²) < 4.78 is 18.2. The second kappa shape index (κ2) is 10.3. The predicted molar refractivity (Wildman–Crippen MR) is 129 cm³/mol. The molecule has 35 heavy (non-hydrogen) atoms. The Morgan fingerprint density at radius 2 is 1.91 bits per heavy atom. The molecule has 0 aliphatic carbocycles. The number of rotatable bonds is 8. The predicted octanol–water partition coefficient (Wildman–Crippen LogP) is 2.94. The summed E-state index contributed by atoms with van der Waals surface area (Å²) in [6.45, 7) is 3.01. The molecule has 0 saturated carbocycles. The van der Waals surface area contributed by atoms with Gasteiger partial charge in [-0.15, -0.1) is 16.4 Å². The number of amides is 1. The highest BCUT2D eigenvalue weighted by Crippen LogP contribution is 2.35.